The van der Waals surface area contributed by atoms with Crippen LogP contribution < -0.4 is 4.72 Å². The van der Waals surface area contributed by atoms with Crippen LogP contribution in [0.2, 0.25) is 5.02 Å². The van der Waals surface area contributed by atoms with Crippen LogP contribution in [-0.4, -0.2) is 30.4 Å². The number of hydrogen-bond donors (Lipinski definition) is 2. The third-order valence-electron chi connectivity index (χ3n) is 3.55. The Kier molecular flexibility index (Phi) is 4.46. The van der Waals surface area contributed by atoms with Crippen molar-refractivity contribution in [3.05, 3.63) is 22.7 Å². The quantitative estimate of drug-likeness (QED) is 0.842. The lowest BCUT2D eigenvalue weighted by Gasteiger charge is -2.32. The lowest BCUT2D eigenvalue weighted by molar-refractivity contribution is 0.270. The van der Waals surface area contributed by atoms with E-state index in [4.69, 9.17) is 11.6 Å². The number of hydrogen-bond acceptors (Lipinski definition) is 3. The van der Waals surface area contributed by atoms with Crippen LogP contribution in [0.5, 0.6) is 5.75 Å². The van der Waals surface area contributed by atoms with Crippen molar-refractivity contribution in [1.82, 2.24) is 4.31 Å². The van der Waals surface area contributed by atoms with Gasteiger partial charge in [-0.05, 0) is 44.4 Å². The van der Waals surface area contributed by atoms with Crippen LogP contribution in [0.25, 0.3) is 0 Å². The minimum Gasteiger partial charge on any atom is -0.505 e. The number of anilines is 1. The molecule has 1 aliphatic rings. The Morgan fingerprint density at radius 2 is 2.10 bits per heavy atom. The molecule has 1 aromatic rings. The third-order valence-corrected chi connectivity index (χ3v) is 5.41. The molecule has 0 radical (unpaired) electrons. The summed E-state index contributed by atoms with van der Waals surface area (Å²) in [6.07, 6.45) is 2.74. The van der Waals surface area contributed by atoms with E-state index in [2.05, 4.69) is 4.72 Å². The van der Waals surface area contributed by atoms with Crippen molar-refractivity contribution in [2.24, 2.45) is 0 Å². The molecule has 0 amide bonds. The Morgan fingerprint density at radius 3 is 2.75 bits per heavy atom. The van der Waals surface area contributed by atoms with E-state index in [1.54, 1.807) is 13.0 Å². The molecule has 5 nitrogen and oxygen atoms in total. The molecule has 1 aromatic carbocycles. The first-order valence-electron chi connectivity index (χ1n) is 6.60. The van der Waals surface area contributed by atoms with Gasteiger partial charge in [0.1, 0.15) is 5.75 Å². The van der Waals surface area contributed by atoms with Crippen LogP contribution >= 0.6 is 11.6 Å². The summed E-state index contributed by atoms with van der Waals surface area (Å²) in [5.41, 5.74) is 0.648. The first-order valence-corrected chi connectivity index (χ1v) is 8.42. The van der Waals surface area contributed by atoms with E-state index >= 15 is 0 Å². The summed E-state index contributed by atoms with van der Waals surface area (Å²) in [5, 5.41) is 10.3. The van der Waals surface area contributed by atoms with Gasteiger partial charge in [-0.15, -0.1) is 0 Å². The van der Waals surface area contributed by atoms with Crippen molar-refractivity contribution in [3.8, 4) is 5.75 Å². The first-order chi connectivity index (χ1) is 9.31. The number of benzene rings is 1. The summed E-state index contributed by atoms with van der Waals surface area (Å²) in [6.45, 7) is 4.06. The monoisotopic (exact) mass is 318 g/mol. The van der Waals surface area contributed by atoms with Crippen LogP contribution in [0, 0.1) is 6.92 Å². The molecule has 20 heavy (non-hydrogen) atoms. The van der Waals surface area contributed by atoms with Crippen molar-refractivity contribution in [1.29, 1.82) is 0 Å². The highest BCUT2D eigenvalue weighted by molar-refractivity contribution is 7.90. The highest BCUT2D eigenvalue weighted by Crippen LogP contribution is 2.32. The highest BCUT2D eigenvalue weighted by atomic mass is 35.5. The van der Waals surface area contributed by atoms with Crippen molar-refractivity contribution in [2.75, 3.05) is 11.3 Å². The van der Waals surface area contributed by atoms with Crippen molar-refractivity contribution < 1.29 is 13.5 Å². The zero-order chi connectivity index (χ0) is 14.9. The molecule has 1 saturated heterocycles. The van der Waals surface area contributed by atoms with Gasteiger partial charge in [-0.3, -0.25) is 4.72 Å². The molecule has 0 aliphatic carbocycles. The predicted molar refractivity (Wildman–Crippen MR) is 80.4 cm³/mol. The molecule has 1 heterocycles. The lowest BCUT2D eigenvalue weighted by Crippen LogP contribution is -2.44. The summed E-state index contributed by atoms with van der Waals surface area (Å²) < 4.78 is 28.7. The van der Waals surface area contributed by atoms with Crippen LogP contribution in [0.3, 0.4) is 0 Å². The fourth-order valence-corrected chi connectivity index (χ4v) is 4.21. The van der Waals surface area contributed by atoms with Gasteiger partial charge in [0.15, 0.2) is 0 Å². The maximum absolute atomic E-state index is 12.4. The number of rotatable bonds is 3. The smallest absolute Gasteiger partial charge is 0.302 e. The van der Waals surface area contributed by atoms with Gasteiger partial charge >= 0.3 is 10.2 Å². The average Bonchev–Trinajstić information content (AvgIpc) is 2.35. The van der Waals surface area contributed by atoms with Gasteiger partial charge in [0.2, 0.25) is 0 Å². The number of piperidine rings is 1. The van der Waals surface area contributed by atoms with Crippen molar-refractivity contribution in [3.63, 3.8) is 0 Å². The molecular weight excluding hydrogens is 300 g/mol. The van der Waals surface area contributed by atoms with Crippen LogP contribution in [-0.2, 0) is 10.2 Å². The average molecular weight is 319 g/mol. The van der Waals surface area contributed by atoms with Crippen LogP contribution in [0.15, 0.2) is 12.1 Å². The molecule has 0 spiro atoms. The summed E-state index contributed by atoms with van der Waals surface area (Å²) in [4.78, 5) is 0. The maximum Gasteiger partial charge on any atom is 0.302 e. The van der Waals surface area contributed by atoms with Gasteiger partial charge in [-0.25, -0.2) is 0 Å². The van der Waals surface area contributed by atoms with Gasteiger partial charge in [-0.2, -0.15) is 12.7 Å². The summed E-state index contributed by atoms with van der Waals surface area (Å²) in [7, 11) is -3.68. The van der Waals surface area contributed by atoms with Gasteiger partial charge in [0, 0.05) is 17.6 Å². The molecule has 0 aromatic heterocycles. The number of aromatic hydroxyl groups is 1. The molecule has 0 bridgehead atoms. The second-order valence-corrected chi connectivity index (χ2v) is 7.24. The normalized spacial score (nSPS) is 20.9. The number of halogens is 1. The van der Waals surface area contributed by atoms with E-state index in [9.17, 15) is 13.5 Å². The maximum atomic E-state index is 12.4. The highest BCUT2D eigenvalue weighted by Gasteiger charge is 2.30. The largest absolute Gasteiger partial charge is 0.505 e. The van der Waals surface area contributed by atoms with Crippen LogP contribution in [0.1, 0.15) is 31.7 Å². The van der Waals surface area contributed by atoms with E-state index in [1.807, 2.05) is 6.92 Å². The Hall–Kier alpha value is -0.980. The summed E-state index contributed by atoms with van der Waals surface area (Å²) >= 11 is 5.91. The molecule has 0 saturated carbocycles. The summed E-state index contributed by atoms with van der Waals surface area (Å²) in [5.74, 6) is -0.0948. The standard InChI is InChI=1S/C13H19ClN2O3S/c1-9-7-11(14)8-12(13(9)17)15-20(18,19)16-6-4-3-5-10(16)2/h7-8,10,15,17H,3-6H2,1-2H3. The van der Waals surface area contributed by atoms with Gasteiger partial charge in [0.25, 0.3) is 0 Å². The Bertz CT molecular complexity index is 604. The number of nitrogens with one attached hydrogen (secondary N) is 1. The van der Waals surface area contributed by atoms with Crippen molar-refractivity contribution >= 4 is 27.5 Å². The van der Waals surface area contributed by atoms with Crippen molar-refractivity contribution in [2.45, 2.75) is 39.2 Å². The zero-order valence-corrected chi connectivity index (χ0v) is 13.1. The second kappa shape index (κ2) is 5.79. The summed E-state index contributed by atoms with van der Waals surface area (Å²) in [6, 6.07) is 2.96. The van der Waals surface area contributed by atoms with Gasteiger partial charge in [0.05, 0.1) is 5.69 Å². The second-order valence-electron chi connectivity index (χ2n) is 5.18. The molecule has 1 aliphatic heterocycles. The van der Waals surface area contributed by atoms with E-state index in [-0.39, 0.29) is 17.5 Å². The fraction of sp³-hybridized carbons (Fsp3) is 0.538. The third kappa shape index (κ3) is 3.19. The lowest BCUT2D eigenvalue weighted by atomic mass is 10.1. The molecule has 1 fully saturated rings. The molecule has 1 unspecified atom stereocenters. The number of phenolic OH excluding ortho intramolecular Hbond substituents is 1. The zero-order valence-electron chi connectivity index (χ0n) is 11.6. The Morgan fingerprint density at radius 1 is 1.40 bits per heavy atom. The SMILES string of the molecule is Cc1cc(Cl)cc(NS(=O)(=O)N2CCCCC2C)c1O. The molecule has 112 valence electrons. The first kappa shape index (κ1) is 15.4. The van der Waals surface area contributed by atoms with Crippen LogP contribution in [0.4, 0.5) is 5.69 Å². The topological polar surface area (TPSA) is 69.6 Å². The van der Waals surface area contributed by atoms with E-state index in [0.29, 0.717) is 17.1 Å². The molecule has 1 atom stereocenters. The minimum absolute atomic E-state index is 0.0383. The Labute approximate surface area is 124 Å². The van der Waals surface area contributed by atoms with Gasteiger partial charge in [-0.1, -0.05) is 18.0 Å². The molecule has 2 N–H and O–H groups in total. The molecule has 2 rings (SSSR count). The Balaban J connectivity index is 2.28. The van der Waals surface area contributed by atoms with E-state index in [0.717, 1.165) is 19.3 Å². The minimum atomic E-state index is -3.68. The van der Waals surface area contributed by atoms with Gasteiger partial charge < -0.3 is 5.11 Å². The van der Waals surface area contributed by atoms with E-state index < -0.39 is 10.2 Å². The predicted octanol–water partition coefficient (Wildman–Crippen LogP) is 2.89. The van der Waals surface area contributed by atoms with E-state index in [1.165, 1.54) is 10.4 Å². The fourth-order valence-electron chi connectivity index (χ4n) is 2.44. The molecule has 7 heteroatoms. The molecular formula is C13H19ClN2O3S. The number of nitrogens with zero attached hydrogens (tertiary/aromatic N) is 1. The number of phenols is 1. The number of aryl methyl sites for hydroxylation is 1.